The van der Waals surface area contributed by atoms with E-state index in [2.05, 4.69) is 9.82 Å². The largest absolute Gasteiger partial charge is 0.370 e. The lowest BCUT2D eigenvalue weighted by molar-refractivity contribution is -0.125. The van der Waals surface area contributed by atoms with Crippen LogP contribution in [0.4, 0.5) is 0 Å². The molecule has 0 aliphatic rings. The second-order valence-electron chi connectivity index (χ2n) is 9.22. The molecule has 1 unspecified atom stereocenters. The van der Waals surface area contributed by atoms with E-state index in [1.165, 1.54) is 10.7 Å². The third kappa shape index (κ3) is 6.36. The van der Waals surface area contributed by atoms with Gasteiger partial charge in [0, 0.05) is 6.42 Å². The molecule has 0 saturated heterocycles. The van der Waals surface area contributed by atoms with E-state index in [0.717, 1.165) is 23.1 Å². The first-order valence-electron chi connectivity index (χ1n) is 12.2. The molecule has 0 aliphatic heterocycles. The Labute approximate surface area is 222 Å². The zero-order valence-corrected chi connectivity index (χ0v) is 22.1. The van der Waals surface area contributed by atoms with Gasteiger partial charge in [0.05, 0.1) is 27.9 Å². The van der Waals surface area contributed by atoms with Gasteiger partial charge < -0.3 is 5.73 Å². The first-order chi connectivity index (χ1) is 18.1. The highest BCUT2D eigenvalue weighted by atomic mass is 32.2. The summed E-state index contributed by atoms with van der Waals surface area (Å²) < 4.78 is 30.3. The predicted molar refractivity (Wildman–Crippen MR) is 145 cm³/mol. The monoisotopic (exact) mass is 530 g/mol. The lowest BCUT2D eigenvalue weighted by Crippen LogP contribution is -2.37. The average molecular weight is 531 g/mol. The van der Waals surface area contributed by atoms with Gasteiger partial charge in [-0.25, -0.2) is 17.8 Å². The Bertz CT molecular complexity index is 1550. The molecule has 38 heavy (non-hydrogen) atoms. The van der Waals surface area contributed by atoms with Crippen molar-refractivity contribution in [3.8, 4) is 5.69 Å². The van der Waals surface area contributed by atoms with E-state index in [-0.39, 0.29) is 11.3 Å². The van der Waals surface area contributed by atoms with E-state index in [9.17, 15) is 18.0 Å². The molecule has 2 amide bonds. The molecule has 0 aliphatic carbocycles. The first kappa shape index (κ1) is 26.8. The summed E-state index contributed by atoms with van der Waals surface area (Å²) in [4.78, 5) is 25.3. The highest BCUT2D eigenvalue weighted by Crippen LogP contribution is 2.25. The molecule has 3 aromatic carbocycles. The number of nitrogens with one attached hydrogen (secondary N) is 1. The standard InChI is InChI=1S/C29H30N4O4S/c1-20-13-16-25(18-23(20)15-14-22-9-5-3-6-10-22)38(36,37)32-29(35)26(19-28(30)34)27-17-21(2)31-33(27)24-11-7-4-8-12-24/h3-13,16-18,26H,14-15,19H2,1-2H3,(H2,30,34)(H,32,35). The molecular formula is C29H30N4O4S. The molecule has 9 heteroatoms. The Hall–Kier alpha value is -4.24. The average Bonchev–Trinajstić information content (AvgIpc) is 3.28. The van der Waals surface area contributed by atoms with Crippen molar-refractivity contribution in [1.29, 1.82) is 0 Å². The van der Waals surface area contributed by atoms with Crippen LogP contribution in [0.5, 0.6) is 0 Å². The number of para-hydroxylation sites is 1. The van der Waals surface area contributed by atoms with Crippen molar-refractivity contribution < 1.29 is 18.0 Å². The number of primary amides is 1. The molecule has 4 rings (SSSR count). The molecule has 0 fully saturated rings. The molecular weight excluding hydrogens is 500 g/mol. The third-order valence-corrected chi connectivity index (χ3v) is 7.67. The molecule has 0 radical (unpaired) electrons. The van der Waals surface area contributed by atoms with Crippen LogP contribution in [0.15, 0.2) is 89.8 Å². The summed E-state index contributed by atoms with van der Waals surface area (Å²) >= 11 is 0. The number of rotatable bonds is 10. The van der Waals surface area contributed by atoms with Crippen LogP contribution >= 0.6 is 0 Å². The highest BCUT2D eigenvalue weighted by molar-refractivity contribution is 7.90. The maximum Gasteiger partial charge on any atom is 0.264 e. The maximum absolute atomic E-state index is 13.4. The minimum Gasteiger partial charge on any atom is -0.370 e. The van der Waals surface area contributed by atoms with Gasteiger partial charge in [0.1, 0.15) is 0 Å². The Morgan fingerprint density at radius 3 is 2.24 bits per heavy atom. The van der Waals surface area contributed by atoms with E-state index in [1.807, 2.05) is 55.5 Å². The van der Waals surface area contributed by atoms with Gasteiger partial charge >= 0.3 is 0 Å². The molecule has 1 atom stereocenters. The molecule has 0 bridgehead atoms. The lowest BCUT2D eigenvalue weighted by atomic mass is 9.99. The van der Waals surface area contributed by atoms with Crippen LogP contribution < -0.4 is 10.5 Å². The van der Waals surface area contributed by atoms with Crippen LogP contribution in [0.2, 0.25) is 0 Å². The van der Waals surface area contributed by atoms with Crippen LogP contribution in [0.25, 0.3) is 5.69 Å². The van der Waals surface area contributed by atoms with Crippen molar-refractivity contribution in [2.24, 2.45) is 5.73 Å². The van der Waals surface area contributed by atoms with Crippen LogP contribution in [0, 0.1) is 13.8 Å². The number of hydrogen-bond donors (Lipinski definition) is 2. The van der Waals surface area contributed by atoms with Crippen molar-refractivity contribution in [2.45, 2.75) is 43.9 Å². The minimum absolute atomic E-state index is 0.0231. The molecule has 0 saturated carbocycles. The fourth-order valence-corrected chi connectivity index (χ4v) is 5.42. The fourth-order valence-electron chi connectivity index (χ4n) is 4.35. The number of nitrogens with zero attached hydrogens (tertiary/aromatic N) is 2. The third-order valence-electron chi connectivity index (χ3n) is 6.33. The second-order valence-corrected chi connectivity index (χ2v) is 10.9. The van der Waals surface area contributed by atoms with Crippen LogP contribution in [-0.2, 0) is 32.5 Å². The summed E-state index contributed by atoms with van der Waals surface area (Å²) in [5.41, 5.74) is 10.1. The fraction of sp³-hybridized carbons (Fsp3) is 0.207. The van der Waals surface area contributed by atoms with Gasteiger partial charge in [0.2, 0.25) is 11.8 Å². The van der Waals surface area contributed by atoms with Gasteiger partial charge in [0.15, 0.2) is 0 Å². The number of aryl methyl sites for hydroxylation is 4. The first-order valence-corrected chi connectivity index (χ1v) is 13.7. The molecule has 4 aromatic rings. The predicted octanol–water partition coefficient (Wildman–Crippen LogP) is 3.74. The zero-order valence-electron chi connectivity index (χ0n) is 21.3. The van der Waals surface area contributed by atoms with Gasteiger partial charge in [-0.3, -0.25) is 9.59 Å². The van der Waals surface area contributed by atoms with Crippen LogP contribution in [0.3, 0.4) is 0 Å². The van der Waals surface area contributed by atoms with Gasteiger partial charge in [0.25, 0.3) is 10.0 Å². The Morgan fingerprint density at radius 1 is 0.921 bits per heavy atom. The van der Waals surface area contributed by atoms with Gasteiger partial charge in [-0.1, -0.05) is 54.6 Å². The molecule has 1 aromatic heterocycles. The van der Waals surface area contributed by atoms with E-state index < -0.39 is 27.8 Å². The van der Waals surface area contributed by atoms with E-state index in [0.29, 0.717) is 23.5 Å². The molecule has 196 valence electrons. The molecule has 3 N–H and O–H groups in total. The van der Waals surface area contributed by atoms with Crippen LogP contribution in [-0.4, -0.2) is 30.0 Å². The number of carbonyl (C=O) groups excluding carboxylic acids is 2. The number of nitrogens with two attached hydrogens (primary N) is 1. The van der Waals surface area contributed by atoms with E-state index in [4.69, 9.17) is 5.73 Å². The number of carbonyl (C=O) groups is 2. The minimum atomic E-state index is -4.22. The van der Waals surface area contributed by atoms with Crippen molar-refractivity contribution in [1.82, 2.24) is 14.5 Å². The smallest absolute Gasteiger partial charge is 0.264 e. The number of sulfonamides is 1. The summed E-state index contributed by atoms with van der Waals surface area (Å²) in [7, 11) is -4.22. The number of amides is 2. The number of hydrogen-bond acceptors (Lipinski definition) is 5. The summed E-state index contributed by atoms with van der Waals surface area (Å²) in [5.74, 6) is -2.75. The van der Waals surface area contributed by atoms with Gasteiger partial charge in [-0.2, -0.15) is 5.10 Å². The Kier molecular flexibility index (Phi) is 8.07. The SMILES string of the molecule is Cc1cc(C(CC(N)=O)C(=O)NS(=O)(=O)c2ccc(C)c(CCc3ccccc3)c2)n(-c2ccccc2)n1. The number of aromatic nitrogens is 2. The van der Waals surface area contributed by atoms with Crippen molar-refractivity contribution in [3.63, 3.8) is 0 Å². The summed E-state index contributed by atoms with van der Waals surface area (Å²) in [6, 6.07) is 25.5. The number of benzene rings is 3. The quantitative estimate of drug-likeness (QED) is 0.323. The Balaban J connectivity index is 1.61. The van der Waals surface area contributed by atoms with Crippen molar-refractivity contribution in [2.75, 3.05) is 0 Å². The molecule has 1 heterocycles. The normalized spacial score (nSPS) is 12.2. The van der Waals surface area contributed by atoms with E-state index >= 15 is 0 Å². The van der Waals surface area contributed by atoms with Crippen LogP contribution in [0.1, 0.15) is 40.4 Å². The molecule has 8 nitrogen and oxygen atoms in total. The summed E-state index contributed by atoms with van der Waals surface area (Å²) in [6.07, 6.45) is 1.02. The topological polar surface area (TPSA) is 124 Å². The van der Waals surface area contributed by atoms with E-state index in [1.54, 1.807) is 37.3 Å². The van der Waals surface area contributed by atoms with Gasteiger partial charge in [-0.05, 0) is 73.7 Å². The zero-order chi connectivity index (χ0) is 27.3. The van der Waals surface area contributed by atoms with Crippen molar-refractivity contribution in [3.05, 3.63) is 113 Å². The van der Waals surface area contributed by atoms with Crippen molar-refractivity contribution >= 4 is 21.8 Å². The Morgan fingerprint density at radius 2 is 1.58 bits per heavy atom. The molecule has 0 spiro atoms. The summed E-state index contributed by atoms with van der Waals surface area (Å²) in [6.45, 7) is 3.67. The maximum atomic E-state index is 13.4. The second kappa shape index (κ2) is 11.4. The highest BCUT2D eigenvalue weighted by Gasteiger charge is 2.31. The summed E-state index contributed by atoms with van der Waals surface area (Å²) in [5, 5.41) is 4.45. The lowest BCUT2D eigenvalue weighted by Gasteiger charge is -2.18. The van der Waals surface area contributed by atoms with Gasteiger partial charge in [-0.15, -0.1) is 0 Å².